The number of aryl methyl sites for hydroxylation is 1. The van der Waals surface area contributed by atoms with Crippen LogP contribution in [0.1, 0.15) is 38.8 Å². The monoisotopic (exact) mass is 447 g/mol. The molecule has 3 aromatic rings. The summed E-state index contributed by atoms with van der Waals surface area (Å²) < 4.78 is 5.52. The fourth-order valence-electron chi connectivity index (χ4n) is 4.34. The van der Waals surface area contributed by atoms with Gasteiger partial charge in [0.1, 0.15) is 5.60 Å². The van der Waals surface area contributed by atoms with Gasteiger partial charge in [-0.05, 0) is 68.8 Å². The first-order chi connectivity index (χ1) is 15.6. The zero-order chi connectivity index (χ0) is 23.8. The number of carbonyl (C=O) groups excluding carboxylic acids is 1. The molecule has 0 bridgehead atoms. The van der Waals surface area contributed by atoms with E-state index in [0.29, 0.717) is 13.1 Å². The molecule has 1 aliphatic rings. The highest BCUT2D eigenvalue weighted by molar-refractivity contribution is 5.87. The van der Waals surface area contributed by atoms with Gasteiger partial charge in [-0.1, -0.05) is 36.4 Å². The van der Waals surface area contributed by atoms with E-state index >= 15 is 0 Å². The summed E-state index contributed by atoms with van der Waals surface area (Å²) in [5.41, 5.74) is 3.57. The molecule has 1 unspecified atom stereocenters. The van der Waals surface area contributed by atoms with Crippen LogP contribution in [0.5, 0.6) is 0 Å². The molecule has 6 nitrogen and oxygen atoms in total. The van der Waals surface area contributed by atoms with Crippen molar-refractivity contribution in [2.75, 3.05) is 19.6 Å². The van der Waals surface area contributed by atoms with Gasteiger partial charge in [0.25, 0.3) is 5.56 Å². The van der Waals surface area contributed by atoms with E-state index in [1.165, 1.54) is 5.56 Å². The summed E-state index contributed by atoms with van der Waals surface area (Å²) in [4.78, 5) is 32.1. The molecule has 2 aromatic carbocycles. The minimum absolute atomic E-state index is 0.0630. The summed E-state index contributed by atoms with van der Waals surface area (Å²) in [6.07, 6.45) is -0.238. The lowest BCUT2D eigenvalue weighted by Crippen LogP contribution is -2.54. The third-order valence-electron chi connectivity index (χ3n) is 6.17. The van der Waals surface area contributed by atoms with Crippen molar-refractivity contribution in [2.24, 2.45) is 0 Å². The Bertz CT molecular complexity index is 1210. The number of hydrogen-bond acceptors (Lipinski definition) is 4. The number of aromatic nitrogens is 1. The average Bonchev–Trinajstić information content (AvgIpc) is 2.75. The number of hydrogen-bond donors (Lipinski definition) is 1. The number of fused-ring (bicyclic) bond motifs is 1. The number of benzene rings is 2. The van der Waals surface area contributed by atoms with E-state index in [0.717, 1.165) is 40.7 Å². The van der Waals surface area contributed by atoms with Gasteiger partial charge >= 0.3 is 6.09 Å². The number of rotatable bonds is 3. The van der Waals surface area contributed by atoms with Crippen molar-refractivity contribution < 1.29 is 9.53 Å². The number of carbonyl (C=O) groups is 1. The van der Waals surface area contributed by atoms with E-state index in [-0.39, 0.29) is 17.7 Å². The Morgan fingerprint density at radius 2 is 1.82 bits per heavy atom. The van der Waals surface area contributed by atoms with Crippen LogP contribution in [0.2, 0.25) is 0 Å². The number of H-pyrrole nitrogens is 1. The van der Waals surface area contributed by atoms with Crippen molar-refractivity contribution in [3.8, 4) is 11.3 Å². The maximum Gasteiger partial charge on any atom is 0.410 e. The lowest BCUT2D eigenvalue weighted by molar-refractivity contribution is 0.00461. The largest absolute Gasteiger partial charge is 0.444 e. The summed E-state index contributed by atoms with van der Waals surface area (Å²) in [7, 11) is 0. The molecule has 174 valence electrons. The molecule has 1 atom stereocenters. The molecular formula is C27H33N3O3. The number of ether oxygens (including phenoxy) is 1. The van der Waals surface area contributed by atoms with Crippen LogP contribution in [-0.4, -0.2) is 52.2 Å². The molecule has 1 amide bonds. The number of nitrogens with one attached hydrogen (secondary N) is 1. The SMILES string of the molecule is Cc1cccc2c(=O)[nH]c(-c3ccc(CN4CCN(C(=O)OC(C)(C)C)CC4C)cc3)cc12. The van der Waals surface area contributed by atoms with Crippen LogP contribution in [0.15, 0.2) is 53.3 Å². The molecule has 1 aliphatic heterocycles. The summed E-state index contributed by atoms with van der Waals surface area (Å²) in [6.45, 7) is 12.8. The minimum atomic E-state index is -0.479. The highest BCUT2D eigenvalue weighted by Gasteiger charge is 2.29. The number of aromatic amines is 1. The summed E-state index contributed by atoms with van der Waals surface area (Å²) >= 11 is 0. The van der Waals surface area contributed by atoms with E-state index in [4.69, 9.17) is 4.74 Å². The lowest BCUT2D eigenvalue weighted by Gasteiger charge is -2.40. The highest BCUT2D eigenvalue weighted by atomic mass is 16.6. The molecule has 0 spiro atoms. The molecule has 1 aromatic heterocycles. The van der Waals surface area contributed by atoms with Gasteiger partial charge in [0.05, 0.1) is 0 Å². The van der Waals surface area contributed by atoms with Crippen LogP contribution in [0.3, 0.4) is 0 Å². The van der Waals surface area contributed by atoms with Gasteiger partial charge < -0.3 is 14.6 Å². The average molecular weight is 448 g/mol. The molecule has 4 rings (SSSR count). The predicted molar refractivity (Wildman–Crippen MR) is 132 cm³/mol. The molecule has 6 heteroatoms. The van der Waals surface area contributed by atoms with Crippen molar-refractivity contribution in [2.45, 2.75) is 52.8 Å². The van der Waals surface area contributed by atoms with Gasteiger partial charge in [0, 0.05) is 43.3 Å². The van der Waals surface area contributed by atoms with E-state index in [1.54, 1.807) is 4.90 Å². The molecule has 1 saturated heterocycles. The van der Waals surface area contributed by atoms with Crippen LogP contribution in [0.25, 0.3) is 22.0 Å². The van der Waals surface area contributed by atoms with Crippen molar-refractivity contribution >= 4 is 16.9 Å². The van der Waals surface area contributed by atoms with Gasteiger partial charge in [-0.15, -0.1) is 0 Å². The molecule has 33 heavy (non-hydrogen) atoms. The van der Waals surface area contributed by atoms with Gasteiger partial charge in [-0.3, -0.25) is 9.69 Å². The molecule has 0 radical (unpaired) electrons. The number of amides is 1. The van der Waals surface area contributed by atoms with Gasteiger partial charge in [-0.2, -0.15) is 0 Å². The van der Waals surface area contributed by atoms with Crippen molar-refractivity contribution in [1.29, 1.82) is 0 Å². The normalized spacial score (nSPS) is 17.4. The fraction of sp³-hybridized carbons (Fsp3) is 0.407. The fourth-order valence-corrected chi connectivity index (χ4v) is 4.34. The molecule has 2 heterocycles. The molecule has 1 fully saturated rings. The van der Waals surface area contributed by atoms with Crippen LogP contribution in [-0.2, 0) is 11.3 Å². The second kappa shape index (κ2) is 9.02. The standard InChI is InChI=1S/C27H33N3O3/c1-18-7-6-8-22-23(18)15-24(28-25(22)31)21-11-9-20(10-12-21)17-29-13-14-30(16-19(29)2)26(32)33-27(3,4)5/h6-12,15,19H,13-14,16-17H2,1-5H3,(H,28,31). The van der Waals surface area contributed by atoms with Gasteiger partial charge in [-0.25, -0.2) is 4.79 Å². The van der Waals surface area contributed by atoms with Crippen molar-refractivity contribution in [1.82, 2.24) is 14.8 Å². The predicted octanol–water partition coefficient (Wildman–Crippen LogP) is 4.94. The quantitative estimate of drug-likeness (QED) is 0.617. The Balaban J connectivity index is 1.44. The van der Waals surface area contributed by atoms with Crippen molar-refractivity contribution in [3.63, 3.8) is 0 Å². The van der Waals surface area contributed by atoms with E-state index in [9.17, 15) is 9.59 Å². The molecule has 0 saturated carbocycles. The Morgan fingerprint density at radius 1 is 1.09 bits per heavy atom. The molecule has 0 aliphatic carbocycles. The topological polar surface area (TPSA) is 65.6 Å². The zero-order valence-corrected chi connectivity index (χ0v) is 20.1. The van der Waals surface area contributed by atoms with Crippen molar-refractivity contribution in [3.05, 3.63) is 70.0 Å². The Hall–Kier alpha value is -3.12. The van der Waals surface area contributed by atoms with Crippen LogP contribution < -0.4 is 5.56 Å². The first-order valence-electron chi connectivity index (χ1n) is 11.5. The summed E-state index contributed by atoms with van der Waals surface area (Å²) in [5.74, 6) is 0. The third kappa shape index (κ3) is 5.28. The van der Waals surface area contributed by atoms with Crippen LogP contribution >= 0.6 is 0 Å². The maximum absolute atomic E-state index is 12.5. The lowest BCUT2D eigenvalue weighted by atomic mass is 10.0. The van der Waals surface area contributed by atoms with Crippen LogP contribution in [0.4, 0.5) is 4.79 Å². The molecule has 1 N–H and O–H groups in total. The Labute approximate surface area is 195 Å². The molecular weight excluding hydrogens is 414 g/mol. The maximum atomic E-state index is 12.5. The summed E-state index contributed by atoms with van der Waals surface area (Å²) in [5, 5.41) is 1.70. The smallest absolute Gasteiger partial charge is 0.410 e. The highest BCUT2D eigenvalue weighted by Crippen LogP contribution is 2.23. The van der Waals surface area contributed by atoms with E-state index in [1.807, 2.05) is 45.9 Å². The van der Waals surface area contributed by atoms with Gasteiger partial charge in [0.2, 0.25) is 0 Å². The number of piperazine rings is 1. The Kier molecular flexibility index (Phi) is 6.30. The number of nitrogens with zero attached hydrogens (tertiary/aromatic N) is 2. The minimum Gasteiger partial charge on any atom is -0.444 e. The second-order valence-corrected chi connectivity index (χ2v) is 9.99. The number of pyridine rings is 1. The van der Waals surface area contributed by atoms with E-state index in [2.05, 4.69) is 47.1 Å². The van der Waals surface area contributed by atoms with Crippen LogP contribution in [0, 0.1) is 6.92 Å². The van der Waals surface area contributed by atoms with E-state index < -0.39 is 5.60 Å². The zero-order valence-electron chi connectivity index (χ0n) is 20.1. The summed E-state index contributed by atoms with van der Waals surface area (Å²) in [6, 6.07) is 16.4. The van der Waals surface area contributed by atoms with Gasteiger partial charge in [0.15, 0.2) is 0 Å². The Morgan fingerprint density at radius 3 is 2.48 bits per heavy atom. The first kappa shape index (κ1) is 23.1. The second-order valence-electron chi connectivity index (χ2n) is 9.99. The first-order valence-corrected chi connectivity index (χ1v) is 11.5. The third-order valence-corrected chi connectivity index (χ3v) is 6.17.